The number of allylic oxidation sites excluding steroid dienone is 2. The normalized spacial score (nSPS) is 11.8. The minimum atomic E-state index is -0.229. The average Bonchev–Trinajstić information content (AvgIpc) is 3.16. The molecule has 0 fully saturated rings. The Balaban J connectivity index is 0.000000422. The molecule has 0 aliphatic heterocycles. The molecule has 4 nitrogen and oxygen atoms in total. The van der Waals surface area contributed by atoms with Crippen molar-refractivity contribution in [1.29, 1.82) is 0 Å². The molecule has 0 aliphatic rings. The Morgan fingerprint density at radius 2 is 1.70 bits per heavy atom. The van der Waals surface area contributed by atoms with Gasteiger partial charge in [0.15, 0.2) is 5.78 Å². The number of aliphatic hydroxyl groups is 1. The Labute approximate surface area is 229 Å². The number of halogens is 1. The largest absolute Gasteiger partial charge is 0.512 e. The average molecular weight is 675 g/mol. The molecule has 0 saturated carbocycles. The Bertz CT molecular complexity index is 1640. The molecule has 0 bridgehead atoms. The molecule has 0 amide bonds. The fourth-order valence-electron chi connectivity index (χ4n) is 4.41. The molecule has 1 radical (unpaired) electrons. The Morgan fingerprint density at radius 3 is 2.32 bits per heavy atom. The second-order valence-corrected chi connectivity index (χ2v) is 10.0. The van der Waals surface area contributed by atoms with E-state index in [2.05, 4.69) is 39.0 Å². The number of aromatic nitrogens is 1. The molecule has 0 atom stereocenters. The van der Waals surface area contributed by atoms with Crippen LogP contribution in [0.25, 0.3) is 43.8 Å². The molecule has 193 valence electrons. The standard InChI is InChI=1S/C26H21FNO.C5H8O2.Ir/c1-15-11-22-23(26(2,3)4)13-17(14-24(22)29-15)25-21-7-5-16-12-18(27)6-8-19(16)20(21)9-10-28-25;1-4(6)3-5(2)7;/h5-13H,1-4H3;3,6H,1-2H3;/q-1;;/b;4-3-;. The monoisotopic (exact) mass is 675 g/mol. The number of benzene rings is 3. The van der Waals surface area contributed by atoms with E-state index in [9.17, 15) is 9.18 Å². The number of rotatable bonds is 2. The van der Waals surface area contributed by atoms with Gasteiger partial charge in [-0.05, 0) is 71.6 Å². The van der Waals surface area contributed by atoms with Crippen LogP contribution in [0, 0.1) is 18.8 Å². The number of carbonyl (C=O) groups excluding carboxylic acids is 1. The van der Waals surface area contributed by atoms with Gasteiger partial charge in [-0.1, -0.05) is 56.5 Å². The van der Waals surface area contributed by atoms with Crippen LogP contribution in [-0.2, 0) is 30.3 Å². The van der Waals surface area contributed by atoms with Crippen LogP contribution in [0.15, 0.2) is 71.0 Å². The van der Waals surface area contributed by atoms with Gasteiger partial charge in [0, 0.05) is 32.4 Å². The van der Waals surface area contributed by atoms with Crippen molar-refractivity contribution < 1.29 is 38.8 Å². The molecule has 0 saturated heterocycles. The zero-order valence-corrected chi connectivity index (χ0v) is 24.1. The van der Waals surface area contributed by atoms with Crippen molar-refractivity contribution in [2.24, 2.45) is 0 Å². The van der Waals surface area contributed by atoms with Gasteiger partial charge in [0.25, 0.3) is 0 Å². The zero-order chi connectivity index (χ0) is 26.2. The maximum atomic E-state index is 13.7. The molecule has 37 heavy (non-hydrogen) atoms. The SMILES string of the molecule is CC(=O)/C=C(/C)O.Cc1cc2c(C(C)(C)C)cc(-c3nccc4c3ccc3cc(F)ccc34)[c-]c2o1.[Ir]. The summed E-state index contributed by atoms with van der Waals surface area (Å²) in [5, 5.41) is 13.4. The molecule has 6 heteroatoms. The summed E-state index contributed by atoms with van der Waals surface area (Å²) >= 11 is 0. The predicted octanol–water partition coefficient (Wildman–Crippen LogP) is 8.38. The third kappa shape index (κ3) is 6.15. The van der Waals surface area contributed by atoms with Gasteiger partial charge in [-0.3, -0.25) is 4.79 Å². The van der Waals surface area contributed by atoms with Crippen molar-refractivity contribution in [2.75, 3.05) is 0 Å². The van der Waals surface area contributed by atoms with Crippen LogP contribution >= 0.6 is 0 Å². The molecular weight excluding hydrogens is 646 g/mol. The van der Waals surface area contributed by atoms with Crippen molar-refractivity contribution in [2.45, 2.75) is 47.0 Å². The maximum Gasteiger partial charge on any atom is 0.155 e. The molecule has 2 aromatic heterocycles. The van der Waals surface area contributed by atoms with Crippen LogP contribution in [-0.4, -0.2) is 15.9 Å². The summed E-state index contributed by atoms with van der Waals surface area (Å²) in [6.45, 7) is 11.4. The van der Waals surface area contributed by atoms with Crippen molar-refractivity contribution in [3.63, 3.8) is 0 Å². The van der Waals surface area contributed by atoms with E-state index in [0.29, 0.717) is 0 Å². The van der Waals surface area contributed by atoms with Gasteiger partial charge in [-0.2, -0.15) is 0 Å². The number of aryl methyl sites for hydroxylation is 1. The van der Waals surface area contributed by atoms with E-state index in [-0.39, 0.29) is 42.9 Å². The fraction of sp³-hybridized carbons (Fsp3) is 0.226. The van der Waals surface area contributed by atoms with Crippen LogP contribution in [0.1, 0.15) is 45.9 Å². The quantitative estimate of drug-likeness (QED) is 0.0885. The van der Waals surface area contributed by atoms with E-state index in [1.54, 1.807) is 6.07 Å². The van der Waals surface area contributed by atoms with E-state index in [1.165, 1.54) is 31.6 Å². The minimum Gasteiger partial charge on any atom is -0.512 e. The number of hydrogen-bond acceptors (Lipinski definition) is 4. The molecular formula is C31H29FIrNO3-. The first-order chi connectivity index (χ1) is 16.9. The minimum absolute atomic E-state index is 0. The van der Waals surface area contributed by atoms with Gasteiger partial charge < -0.3 is 14.5 Å². The van der Waals surface area contributed by atoms with Gasteiger partial charge in [-0.25, -0.2) is 4.39 Å². The van der Waals surface area contributed by atoms with Crippen LogP contribution in [0.2, 0.25) is 0 Å². The number of furan rings is 1. The van der Waals surface area contributed by atoms with Crippen LogP contribution in [0.4, 0.5) is 4.39 Å². The molecule has 3 aromatic carbocycles. The second-order valence-electron chi connectivity index (χ2n) is 10.0. The van der Waals surface area contributed by atoms with Crippen LogP contribution < -0.4 is 0 Å². The number of aliphatic hydroxyl groups excluding tert-OH is 1. The smallest absolute Gasteiger partial charge is 0.155 e. The number of nitrogens with zero attached hydrogens (tertiary/aromatic N) is 1. The number of fused-ring (bicyclic) bond motifs is 4. The second kappa shape index (κ2) is 11.0. The van der Waals surface area contributed by atoms with E-state index in [0.717, 1.165) is 49.5 Å². The molecule has 5 rings (SSSR count). The summed E-state index contributed by atoms with van der Waals surface area (Å²) in [6, 6.07) is 18.5. The first-order valence-electron chi connectivity index (χ1n) is 11.8. The van der Waals surface area contributed by atoms with Gasteiger partial charge in [0.05, 0.1) is 17.1 Å². The van der Waals surface area contributed by atoms with Gasteiger partial charge in [-0.15, -0.1) is 17.2 Å². The summed E-state index contributed by atoms with van der Waals surface area (Å²) in [6.07, 6.45) is 2.97. The molecule has 1 N–H and O–H groups in total. The molecule has 5 aromatic rings. The summed E-state index contributed by atoms with van der Waals surface area (Å²) in [4.78, 5) is 14.7. The van der Waals surface area contributed by atoms with Gasteiger partial charge in [0.2, 0.25) is 0 Å². The third-order valence-corrected chi connectivity index (χ3v) is 5.88. The Hall–Kier alpha value is -3.34. The van der Waals surface area contributed by atoms with E-state index in [1.807, 2.05) is 37.4 Å². The molecule has 0 spiro atoms. The summed E-state index contributed by atoms with van der Waals surface area (Å²) < 4.78 is 19.6. The summed E-state index contributed by atoms with van der Waals surface area (Å²) in [5.74, 6) is 0.582. The molecule has 2 heterocycles. The van der Waals surface area contributed by atoms with Crippen LogP contribution in [0.5, 0.6) is 0 Å². The number of hydrogen-bond donors (Lipinski definition) is 1. The van der Waals surface area contributed by atoms with Crippen molar-refractivity contribution in [3.8, 4) is 11.3 Å². The number of pyridine rings is 1. The fourth-order valence-corrected chi connectivity index (χ4v) is 4.41. The van der Waals surface area contributed by atoms with Crippen molar-refractivity contribution in [3.05, 3.63) is 89.8 Å². The van der Waals surface area contributed by atoms with Gasteiger partial charge >= 0.3 is 0 Å². The Morgan fingerprint density at radius 1 is 1.00 bits per heavy atom. The number of carbonyl (C=O) groups is 1. The summed E-state index contributed by atoms with van der Waals surface area (Å²) in [5.41, 5.74) is 3.68. The summed E-state index contributed by atoms with van der Waals surface area (Å²) in [7, 11) is 0. The predicted molar refractivity (Wildman–Crippen MR) is 144 cm³/mol. The first-order valence-corrected chi connectivity index (χ1v) is 11.8. The maximum absolute atomic E-state index is 13.7. The third-order valence-electron chi connectivity index (χ3n) is 5.88. The topological polar surface area (TPSA) is 63.3 Å². The molecule has 0 aliphatic carbocycles. The first kappa shape index (κ1) is 28.2. The van der Waals surface area contributed by atoms with E-state index >= 15 is 0 Å². The van der Waals surface area contributed by atoms with E-state index in [4.69, 9.17) is 14.5 Å². The van der Waals surface area contributed by atoms with E-state index < -0.39 is 0 Å². The molecule has 0 unspecified atom stereocenters. The number of ketones is 1. The van der Waals surface area contributed by atoms with Crippen molar-refractivity contribution in [1.82, 2.24) is 4.98 Å². The van der Waals surface area contributed by atoms with Gasteiger partial charge in [0.1, 0.15) is 5.82 Å². The van der Waals surface area contributed by atoms with Crippen LogP contribution in [0.3, 0.4) is 0 Å². The zero-order valence-electron chi connectivity index (χ0n) is 21.7. The van der Waals surface area contributed by atoms with Crippen molar-refractivity contribution >= 4 is 38.3 Å². The Kier molecular flexibility index (Phi) is 8.36.